The van der Waals surface area contributed by atoms with Crippen molar-refractivity contribution in [2.45, 2.75) is 25.0 Å². The third-order valence-electron chi connectivity index (χ3n) is 3.76. The van der Waals surface area contributed by atoms with Crippen LogP contribution in [0.1, 0.15) is 11.1 Å². The molecule has 0 saturated carbocycles. The summed E-state index contributed by atoms with van der Waals surface area (Å²) in [7, 11) is 1.64. The van der Waals surface area contributed by atoms with E-state index >= 15 is 0 Å². The number of fused-ring (bicyclic) bond motifs is 1. The smallest absolute Gasteiger partial charge is 0.133 e. The van der Waals surface area contributed by atoms with E-state index in [1.54, 1.807) is 7.11 Å². The van der Waals surface area contributed by atoms with Crippen molar-refractivity contribution in [2.24, 2.45) is 0 Å². The first-order valence-electron chi connectivity index (χ1n) is 6.92. The average molecular weight is 349 g/mol. The lowest BCUT2D eigenvalue weighted by molar-refractivity contribution is 0.0503. The van der Waals surface area contributed by atoms with Crippen LogP contribution in [0.3, 0.4) is 0 Å². The average Bonchev–Trinajstić information content (AvgIpc) is 2.91. The highest BCUT2D eigenvalue weighted by Crippen LogP contribution is 2.31. The molecule has 2 aromatic rings. The van der Waals surface area contributed by atoms with Gasteiger partial charge in [0.25, 0.3) is 0 Å². The Kier molecular flexibility index (Phi) is 4.17. The van der Waals surface area contributed by atoms with E-state index in [1.807, 2.05) is 42.5 Å². The molecule has 2 unspecified atom stereocenters. The second-order valence-corrected chi connectivity index (χ2v) is 6.06. The SMILES string of the molecule is COc1ccc(CC(O)C2Cc3ccccc3O2)cc1Br. The van der Waals surface area contributed by atoms with Gasteiger partial charge < -0.3 is 14.6 Å². The van der Waals surface area contributed by atoms with Crippen molar-refractivity contribution in [1.29, 1.82) is 0 Å². The van der Waals surface area contributed by atoms with E-state index in [9.17, 15) is 5.11 Å². The molecular formula is C17H17BrO3. The number of hydrogen-bond acceptors (Lipinski definition) is 3. The Balaban J connectivity index is 1.68. The minimum Gasteiger partial charge on any atom is -0.496 e. The van der Waals surface area contributed by atoms with Crippen LogP contribution in [0.4, 0.5) is 0 Å². The Labute approximate surface area is 132 Å². The molecule has 0 spiro atoms. The van der Waals surface area contributed by atoms with E-state index in [1.165, 1.54) is 0 Å². The minimum absolute atomic E-state index is 0.178. The van der Waals surface area contributed by atoms with Gasteiger partial charge in [0.2, 0.25) is 0 Å². The van der Waals surface area contributed by atoms with Crippen molar-refractivity contribution in [2.75, 3.05) is 7.11 Å². The van der Waals surface area contributed by atoms with Gasteiger partial charge >= 0.3 is 0 Å². The Morgan fingerprint density at radius 1 is 1.33 bits per heavy atom. The molecule has 0 aliphatic carbocycles. The van der Waals surface area contributed by atoms with Gasteiger partial charge in [-0.1, -0.05) is 24.3 Å². The van der Waals surface area contributed by atoms with Crippen LogP contribution >= 0.6 is 15.9 Å². The third-order valence-corrected chi connectivity index (χ3v) is 4.38. The lowest BCUT2D eigenvalue weighted by Crippen LogP contribution is -2.31. The van der Waals surface area contributed by atoms with Crippen LogP contribution in [0.25, 0.3) is 0 Å². The van der Waals surface area contributed by atoms with Crippen molar-refractivity contribution in [3.63, 3.8) is 0 Å². The van der Waals surface area contributed by atoms with Gasteiger partial charge in [0.05, 0.1) is 17.7 Å². The first-order chi connectivity index (χ1) is 10.2. The lowest BCUT2D eigenvalue weighted by Gasteiger charge is -2.18. The van der Waals surface area contributed by atoms with Crippen LogP contribution in [-0.2, 0) is 12.8 Å². The van der Waals surface area contributed by atoms with Crippen molar-refractivity contribution in [3.8, 4) is 11.5 Å². The van der Waals surface area contributed by atoms with Crippen LogP contribution in [-0.4, -0.2) is 24.4 Å². The number of para-hydroxylation sites is 1. The van der Waals surface area contributed by atoms with Gasteiger partial charge in [-0.3, -0.25) is 0 Å². The van der Waals surface area contributed by atoms with Gasteiger partial charge in [0.1, 0.15) is 17.6 Å². The summed E-state index contributed by atoms with van der Waals surface area (Å²) < 4.78 is 11.9. The molecule has 1 aliphatic heterocycles. The van der Waals surface area contributed by atoms with Gasteiger partial charge in [-0.2, -0.15) is 0 Å². The van der Waals surface area contributed by atoms with E-state index in [2.05, 4.69) is 15.9 Å². The molecule has 0 saturated heterocycles. The summed E-state index contributed by atoms with van der Waals surface area (Å²) in [4.78, 5) is 0. The lowest BCUT2D eigenvalue weighted by atomic mass is 10.0. The number of ether oxygens (including phenoxy) is 2. The topological polar surface area (TPSA) is 38.7 Å². The fraction of sp³-hybridized carbons (Fsp3) is 0.294. The van der Waals surface area contributed by atoms with Crippen LogP contribution in [0, 0.1) is 0 Å². The molecule has 0 amide bonds. The monoisotopic (exact) mass is 348 g/mol. The predicted molar refractivity (Wildman–Crippen MR) is 85.0 cm³/mol. The molecule has 3 nitrogen and oxygen atoms in total. The zero-order valence-electron chi connectivity index (χ0n) is 11.8. The number of halogens is 1. The van der Waals surface area contributed by atoms with Crippen LogP contribution < -0.4 is 9.47 Å². The first-order valence-corrected chi connectivity index (χ1v) is 7.71. The summed E-state index contributed by atoms with van der Waals surface area (Å²) in [5, 5.41) is 10.4. The number of hydrogen-bond donors (Lipinski definition) is 1. The Bertz CT molecular complexity index is 617. The van der Waals surface area contributed by atoms with Crippen molar-refractivity contribution in [3.05, 3.63) is 58.1 Å². The molecule has 21 heavy (non-hydrogen) atoms. The maximum atomic E-state index is 10.4. The molecule has 0 aromatic heterocycles. The Hall–Kier alpha value is -1.52. The molecule has 0 fully saturated rings. The fourth-order valence-corrected chi connectivity index (χ4v) is 3.22. The summed E-state index contributed by atoms with van der Waals surface area (Å²) in [5.74, 6) is 1.68. The molecule has 2 aromatic carbocycles. The normalized spacial score (nSPS) is 18.0. The van der Waals surface area contributed by atoms with E-state index in [0.29, 0.717) is 6.42 Å². The molecule has 0 bridgehead atoms. The summed E-state index contributed by atoms with van der Waals surface area (Å²) in [6, 6.07) is 13.8. The number of methoxy groups -OCH3 is 1. The first kappa shape index (κ1) is 14.4. The molecule has 1 heterocycles. The van der Waals surface area contributed by atoms with Gasteiger partial charge in [0, 0.05) is 12.8 Å². The maximum absolute atomic E-state index is 10.4. The highest BCUT2D eigenvalue weighted by molar-refractivity contribution is 9.10. The largest absolute Gasteiger partial charge is 0.496 e. The van der Waals surface area contributed by atoms with Crippen molar-refractivity contribution in [1.82, 2.24) is 0 Å². The van der Waals surface area contributed by atoms with E-state index in [0.717, 1.165) is 33.5 Å². The van der Waals surface area contributed by atoms with Crippen molar-refractivity contribution < 1.29 is 14.6 Å². The van der Waals surface area contributed by atoms with E-state index in [-0.39, 0.29) is 6.10 Å². The maximum Gasteiger partial charge on any atom is 0.133 e. The second kappa shape index (κ2) is 6.08. The number of rotatable bonds is 4. The summed E-state index contributed by atoms with van der Waals surface area (Å²) in [5.41, 5.74) is 2.21. The molecule has 110 valence electrons. The van der Waals surface area contributed by atoms with Crippen LogP contribution in [0.5, 0.6) is 11.5 Å². The highest BCUT2D eigenvalue weighted by Gasteiger charge is 2.28. The molecule has 2 atom stereocenters. The second-order valence-electron chi connectivity index (χ2n) is 5.21. The molecular weight excluding hydrogens is 332 g/mol. The van der Waals surface area contributed by atoms with Gasteiger partial charge in [-0.05, 0) is 45.3 Å². The van der Waals surface area contributed by atoms with Crippen LogP contribution in [0.2, 0.25) is 0 Å². The highest BCUT2D eigenvalue weighted by atomic mass is 79.9. The number of aliphatic hydroxyl groups excluding tert-OH is 1. The zero-order chi connectivity index (χ0) is 14.8. The zero-order valence-corrected chi connectivity index (χ0v) is 13.3. The van der Waals surface area contributed by atoms with E-state index < -0.39 is 6.10 Å². The molecule has 0 radical (unpaired) electrons. The van der Waals surface area contributed by atoms with Gasteiger partial charge in [-0.25, -0.2) is 0 Å². The standard InChI is InChI=1S/C17H17BrO3/c1-20-16-7-6-11(8-13(16)18)9-14(19)17-10-12-4-2-3-5-15(12)21-17/h2-8,14,17,19H,9-10H2,1H3. The predicted octanol–water partition coefficient (Wildman–Crippen LogP) is 3.36. The Morgan fingerprint density at radius 3 is 2.86 bits per heavy atom. The third kappa shape index (κ3) is 3.06. The molecule has 3 rings (SSSR count). The van der Waals surface area contributed by atoms with Gasteiger partial charge in [-0.15, -0.1) is 0 Å². The molecule has 4 heteroatoms. The molecule has 1 N–H and O–H groups in total. The van der Waals surface area contributed by atoms with E-state index in [4.69, 9.17) is 9.47 Å². The summed E-state index contributed by atoms with van der Waals surface area (Å²) >= 11 is 3.47. The fourth-order valence-electron chi connectivity index (χ4n) is 2.63. The van der Waals surface area contributed by atoms with Crippen LogP contribution in [0.15, 0.2) is 46.9 Å². The van der Waals surface area contributed by atoms with Gasteiger partial charge in [0.15, 0.2) is 0 Å². The number of aliphatic hydroxyl groups is 1. The summed E-state index contributed by atoms with van der Waals surface area (Å²) in [6.07, 6.45) is 0.608. The quantitative estimate of drug-likeness (QED) is 0.920. The van der Waals surface area contributed by atoms with Crippen molar-refractivity contribution >= 4 is 15.9 Å². The Morgan fingerprint density at radius 2 is 2.14 bits per heavy atom. The molecule has 1 aliphatic rings. The summed E-state index contributed by atoms with van der Waals surface area (Å²) in [6.45, 7) is 0. The number of benzene rings is 2. The minimum atomic E-state index is -0.530.